The molecule has 1 fully saturated rings. The van der Waals surface area contributed by atoms with Crippen LogP contribution in [-0.4, -0.2) is 25.8 Å². The van der Waals surface area contributed by atoms with Crippen LogP contribution in [0.3, 0.4) is 0 Å². The summed E-state index contributed by atoms with van der Waals surface area (Å²) in [6, 6.07) is 10.7. The number of carbonyl (C=O) groups excluding carboxylic acids is 1. The number of nitrogens with zero attached hydrogens (tertiary/aromatic N) is 4. The average molecular weight is 351 g/mol. The van der Waals surface area contributed by atoms with Gasteiger partial charge in [-0.15, -0.1) is 0 Å². The van der Waals surface area contributed by atoms with Gasteiger partial charge in [-0.25, -0.2) is 4.68 Å². The Morgan fingerprint density at radius 2 is 2.08 bits per heavy atom. The Labute approximate surface area is 148 Å². The van der Waals surface area contributed by atoms with E-state index in [1.54, 1.807) is 11.6 Å². The molecule has 1 aliphatic rings. The monoisotopic (exact) mass is 351 g/mol. The fraction of sp³-hybridized carbons (Fsp3) is 0.278. The molecule has 1 saturated carbocycles. The third-order valence-electron chi connectivity index (χ3n) is 4.15. The molecule has 2 aromatic heterocycles. The molecule has 0 unspecified atom stereocenters. The number of rotatable bonds is 5. The summed E-state index contributed by atoms with van der Waals surface area (Å²) in [5.74, 6) is 0.788. The van der Waals surface area contributed by atoms with Gasteiger partial charge in [-0.05, 0) is 31.9 Å². The van der Waals surface area contributed by atoms with Crippen LogP contribution in [0, 0.1) is 6.92 Å². The van der Waals surface area contributed by atoms with E-state index in [2.05, 4.69) is 20.6 Å². The molecule has 0 bridgehead atoms. The van der Waals surface area contributed by atoms with Crippen LogP contribution in [0.5, 0.6) is 0 Å². The van der Waals surface area contributed by atoms with E-state index < -0.39 is 11.3 Å². The molecule has 4 rings (SSSR count). The number of amides is 1. The Hall–Kier alpha value is -3.29. The van der Waals surface area contributed by atoms with Crippen LogP contribution in [0.1, 0.15) is 46.7 Å². The molecule has 0 spiro atoms. The first-order valence-electron chi connectivity index (χ1n) is 8.39. The normalized spacial score (nSPS) is 13.6. The van der Waals surface area contributed by atoms with Gasteiger partial charge in [0.15, 0.2) is 11.5 Å². The quantitative estimate of drug-likeness (QED) is 0.751. The van der Waals surface area contributed by atoms with Crippen LogP contribution < -0.4 is 10.7 Å². The Bertz CT molecular complexity index is 1010. The second-order valence-corrected chi connectivity index (χ2v) is 6.25. The number of nitrogens with one attached hydrogen (secondary N) is 1. The summed E-state index contributed by atoms with van der Waals surface area (Å²) >= 11 is 0. The highest BCUT2D eigenvalue weighted by molar-refractivity contribution is 5.91. The van der Waals surface area contributed by atoms with Crippen molar-refractivity contribution in [1.29, 1.82) is 0 Å². The summed E-state index contributed by atoms with van der Waals surface area (Å²) in [4.78, 5) is 28.8. The van der Waals surface area contributed by atoms with Crippen molar-refractivity contribution in [3.8, 4) is 5.69 Å². The van der Waals surface area contributed by atoms with Crippen LogP contribution in [0.4, 0.5) is 0 Å². The third-order valence-corrected chi connectivity index (χ3v) is 4.15. The number of aromatic nitrogens is 4. The Kier molecular flexibility index (Phi) is 4.08. The molecule has 3 aromatic rings. The Morgan fingerprint density at radius 1 is 1.31 bits per heavy atom. The number of hydrogen-bond acceptors (Lipinski definition) is 6. The molecule has 26 heavy (non-hydrogen) atoms. The zero-order chi connectivity index (χ0) is 18.1. The van der Waals surface area contributed by atoms with Crippen molar-refractivity contribution in [3.63, 3.8) is 0 Å². The summed E-state index contributed by atoms with van der Waals surface area (Å²) in [5.41, 5.74) is 0.798. The highest BCUT2D eigenvalue weighted by Gasteiger charge is 2.28. The summed E-state index contributed by atoms with van der Waals surface area (Å²) in [6.07, 6.45) is 2.13. The summed E-state index contributed by atoms with van der Waals surface area (Å²) in [5, 5.41) is 10.7. The molecule has 132 valence electrons. The topological polar surface area (TPSA) is 103 Å². The van der Waals surface area contributed by atoms with Gasteiger partial charge in [-0.2, -0.15) is 10.1 Å². The van der Waals surface area contributed by atoms with E-state index in [4.69, 9.17) is 4.52 Å². The maximum atomic E-state index is 12.4. The van der Waals surface area contributed by atoms with Gasteiger partial charge in [0.05, 0.1) is 12.2 Å². The highest BCUT2D eigenvalue weighted by atomic mass is 16.5. The van der Waals surface area contributed by atoms with Crippen LogP contribution >= 0.6 is 0 Å². The van der Waals surface area contributed by atoms with Gasteiger partial charge in [0.2, 0.25) is 11.3 Å². The van der Waals surface area contributed by atoms with E-state index in [9.17, 15) is 9.59 Å². The summed E-state index contributed by atoms with van der Waals surface area (Å²) in [7, 11) is 0. The van der Waals surface area contributed by atoms with Crippen molar-refractivity contribution in [3.05, 3.63) is 69.7 Å². The molecule has 0 saturated heterocycles. The standard InChI is InChI=1S/C18H17N5O3/c1-11-9-14(24)16(21-23(11)13-5-3-2-4-6-13)18(25)19-10-15-20-17(22-26-15)12-7-8-12/h2-6,9,12H,7-8,10H2,1H3,(H,19,25). The molecule has 8 heteroatoms. The van der Waals surface area contributed by atoms with Crippen LogP contribution in [-0.2, 0) is 6.54 Å². The van der Waals surface area contributed by atoms with Crippen molar-refractivity contribution < 1.29 is 9.32 Å². The lowest BCUT2D eigenvalue weighted by Crippen LogP contribution is -2.31. The fourth-order valence-corrected chi connectivity index (χ4v) is 2.62. The number of benzene rings is 1. The van der Waals surface area contributed by atoms with E-state index in [0.717, 1.165) is 18.5 Å². The number of hydrogen-bond donors (Lipinski definition) is 1. The molecular formula is C18H17N5O3. The molecule has 1 aromatic carbocycles. The third kappa shape index (κ3) is 3.26. The van der Waals surface area contributed by atoms with Gasteiger partial charge < -0.3 is 9.84 Å². The van der Waals surface area contributed by atoms with E-state index in [-0.39, 0.29) is 12.2 Å². The number of aryl methyl sites for hydroxylation is 1. The minimum absolute atomic E-state index is 0.0545. The maximum absolute atomic E-state index is 12.4. The molecular weight excluding hydrogens is 334 g/mol. The van der Waals surface area contributed by atoms with Gasteiger partial charge in [0, 0.05) is 17.7 Å². The van der Waals surface area contributed by atoms with Crippen molar-refractivity contribution in [2.75, 3.05) is 0 Å². The molecule has 1 aliphatic carbocycles. The minimum Gasteiger partial charge on any atom is -0.341 e. The van der Waals surface area contributed by atoms with Crippen molar-refractivity contribution in [2.45, 2.75) is 32.2 Å². The van der Waals surface area contributed by atoms with Crippen molar-refractivity contribution >= 4 is 5.91 Å². The average Bonchev–Trinajstić information content (AvgIpc) is 3.39. The zero-order valence-electron chi connectivity index (χ0n) is 14.2. The Morgan fingerprint density at radius 3 is 2.81 bits per heavy atom. The van der Waals surface area contributed by atoms with Crippen LogP contribution in [0.15, 0.2) is 45.7 Å². The minimum atomic E-state index is -0.578. The lowest BCUT2D eigenvalue weighted by Gasteiger charge is -2.10. The van der Waals surface area contributed by atoms with Crippen molar-refractivity contribution in [1.82, 2.24) is 25.2 Å². The predicted octanol–water partition coefficient (Wildman–Crippen LogP) is 1.73. The first-order chi connectivity index (χ1) is 12.6. The fourth-order valence-electron chi connectivity index (χ4n) is 2.62. The van der Waals surface area contributed by atoms with E-state index in [1.165, 1.54) is 6.07 Å². The summed E-state index contributed by atoms with van der Waals surface area (Å²) in [6.45, 7) is 1.82. The zero-order valence-corrected chi connectivity index (χ0v) is 14.2. The molecule has 0 atom stereocenters. The largest absolute Gasteiger partial charge is 0.341 e. The van der Waals surface area contributed by atoms with Crippen molar-refractivity contribution in [2.24, 2.45) is 0 Å². The molecule has 8 nitrogen and oxygen atoms in total. The van der Waals surface area contributed by atoms with E-state index >= 15 is 0 Å². The van der Waals surface area contributed by atoms with E-state index in [1.807, 2.05) is 30.3 Å². The lowest BCUT2D eigenvalue weighted by atomic mass is 10.2. The predicted molar refractivity (Wildman–Crippen MR) is 92.0 cm³/mol. The van der Waals surface area contributed by atoms with Gasteiger partial charge >= 0.3 is 0 Å². The lowest BCUT2D eigenvalue weighted by molar-refractivity contribution is 0.0938. The van der Waals surface area contributed by atoms with Gasteiger partial charge in [0.1, 0.15) is 0 Å². The molecule has 0 aliphatic heterocycles. The molecule has 0 radical (unpaired) electrons. The van der Waals surface area contributed by atoms with Gasteiger partial charge in [0.25, 0.3) is 5.91 Å². The SMILES string of the molecule is Cc1cc(=O)c(C(=O)NCc2nc(C3CC3)no2)nn1-c1ccccc1. The molecule has 2 heterocycles. The van der Waals surface area contributed by atoms with Gasteiger partial charge in [-0.3, -0.25) is 9.59 Å². The first kappa shape index (κ1) is 16.2. The molecule has 1 N–H and O–H groups in total. The second-order valence-electron chi connectivity index (χ2n) is 6.25. The van der Waals surface area contributed by atoms with Crippen LogP contribution in [0.25, 0.3) is 5.69 Å². The second kappa shape index (κ2) is 6.55. The van der Waals surface area contributed by atoms with Gasteiger partial charge in [-0.1, -0.05) is 23.4 Å². The number of carbonyl (C=O) groups is 1. The molecule has 1 amide bonds. The maximum Gasteiger partial charge on any atom is 0.276 e. The van der Waals surface area contributed by atoms with E-state index in [0.29, 0.717) is 23.3 Å². The number of para-hydroxylation sites is 1. The summed E-state index contributed by atoms with van der Waals surface area (Å²) < 4.78 is 6.68. The highest BCUT2D eigenvalue weighted by Crippen LogP contribution is 2.38. The Balaban J connectivity index is 1.54. The first-order valence-corrected chi connectivity index (χ1v) is 8.39. The smallest absolute Gasteiger partial charge is 0.276 e. The van der Waals surface area contributed by atoms with Crippen LogP contribution in [0.2, 0.25) is 0 Å².